The molecule has 0 radical (unpaired) electrons. The molecule has 0 saturated heterocycles. The summed E-state index contributed by atoms with van der Waals surface area (Å²) in [6, 6.07) is 14.7. The zero-order valence-electron chi connectivity index (χ0n) is 11.8. The molecule has 0 spiro atoms. The van der Waals surface area contributed by atoms with E-state index in [4.69, 9.17) is 0 Å². The van der Waals surface area contributed by atoms with Crippen LogP contribution < -0.4 is 0 Å². The molecule has 0 bridgehead atoms. The summed E-state index contributed by atoms with van der Waals surface area (Å²) in [5.41, 5.74) is 4.77. The summed E-state index contributed by atoms with van der Waals surface area (Å²) in [4.78, 5) is 0. The Hall–Kier alpha value is -1.64. The summed E-state index contributed by atoms with van der Waals surface area (Å²) in [6.07, 6.45) is 0.237. The predicted octanol–water partition coefficient (Wildman–Crippen LogP) is 4.79. The molecule has 3 rings (SSSR count). The van der Waals surface area contributed by atoms with Gasteiger partial charge in [-0.2, -0.15) is 0 Å². The van der Waals surface area contributed by atoms with E-state index in [1.165, 1.54) is 26.8 Å². The molecule has 1 heterocycles. The molecular formula is C18H18OS. The third-order valence-electron chi connectivity index (χ3n) is 3.79. The highest BCUT2D eigenvalue weighted by Gasteiger charge is 2.14. The fourth-order valence-electron chi connectivity index (χ4n) is 2.59. The van der Waals surface area contributed by atoms with E-state index in [1.54, 1.807) is 11.3 Å². The number of aryl methyl sites for hydroxylation is 2. The van der Waals surface area contributed by atoms with Crippen LogP contribution in [0.2, 0.25) is 0 Å². The Morgan fingerprint density at radius 2 is 1.90 bits per heavy atom. The molecule has 0 saturated carbocycles. The van der Waals surface area contributed by atoms with E-state index in [0.29, 0.717) is 6.42 Å². The van der Waals surface area contributed by atoms with Gasteiger partial charge in [0.05, 0.1) is 6.10 Å². The fraction of sp³-hybridized carbons (Fsp3) is 0.222. The van der Waals surface area contributed by atoms with E-state index >= 15 is 0 Å². The van der Waals surface area contributed by atoms with Crippen LogP contribution in [0.5, 0.6) is 0 Å². The highest BCUT2D eigenvalue weighted by atomic mass is 32.1. The average Bonchev–Trinajstić information content (AvgIpc) is 2.87. The van der Waals surface area contributed by atoms with Gasteiger partial charge in [-0.15, -0.1) is 11.3 Å². The quantitative estimate of drug-likeness (QED) is 0.732. The Morgan fingerprint density at radius 1 is 1.10 bits per heavy atom. The first-order valence-electron chi connectivity index (χ1n) is 6.85. The largest absolute Gasteiger partial charge is 0.388 e. The summed E-state index contributed by atoms with van der Waals surface area (Å²) in [7, 11) is 0. The molecule has 1 atom stereocenters. The van der Waals surface area contributed by atoms with Crippen LogP contribution in [-0.4, -0.2) is 5.11 Å². The van der Waals surface area contributed by atoms with Crippen LogP contribution in [0.3, 0.4) is 0 Å². The molecule has 1 nitrogen and oxygen atoms in total. The van der Waals surface area contributed by atoms with Gasteiger partial charge in [-0.25, -0.2) is 0 Å². The number of hydrogen-bond donors (Lipinski definition) is 1. The first kappa shape index (κ1) is 13.3. The lowest BCUT2D eigenvalue weighted by Crippen LogP contribution is -2.03. The first-order valence-corrected chi connectivity index (χ1v) is 7.73. The van der Waals surface area contributed by atoms with Crippen LogP contribution in [-0.2, 0) is 6.42 Å². The lowest BCUT2D eigenvalue weighted by molar-refractivity contribution is 0.180. The second-order valence-electron chi connectivity index (χ2n) is 5.34. The van der Waals surface area contributed by atoms with Gasteiger partial charge in [0.15, 0.2) is 0 Å². The third-order valence-corrected chi connectivity index (χ3v) is 4.77. The van der Waals surface area contributed by atoms with Crippen molar-refractivity contribution in [3.63, 3.8) is 0 Å². The van der Waals surface area contributed by atoms with Crippen molar-refractivity contribution in [1.29, 1.82) is 0 Å². The van der Waals surface area contributed by atoms with E-state index in [-0.39, 0.29) is 0 Å². The SMILES string of the molecule is Cc1ccc(C)c(CC(O)c2csc3ccccc23)c1. The molecule has 0 amide bonds. The number of benzene rings is 2. The smallest absolute Gasteiger partial charge is 0.0844 e. The highest BCUT2D eigenvalue weighted by molar-refractivity contribution is 7.17. The summed E-state index contributed by atoms with van der Waals surface area (Å²) in [6.45, 7) is 4.20. The second-order valence-corrected chi connectivity index (χ2v) is 6.25. The average molecular weight is 282 g/mol. The van der Waals surface area contributed by atoms with Crippen molar-refractivity contribution in [2.24, 2.45) is 0 Å². The van der Waals surface area contributed by atoms with Crippen LogP contribution in [0.1, 0.15) is 28.4 Å². The first-order chi connectivity index (χ1) is 9.65. The molecule has 0 fully saturated rings. The fourth-order valence-corrected chi connectivity index (χ4v) is 3.60. The molecule has 3 aromatic rings. The standard InChI is InChI=1S/C18H18OS/c1-12-7-8-13(2)14(9-12)10-17(19)16-11-20-18-6-4-3-5-15(16)18/h3-9,11,17,19H,10H2,1-2H3. The number of hydrogen-bond acceptors (Lipinski definition) is 2. The number of aliphatic hydroxyl groups excluding tert-OH is 1. The molecule has 0 aliphatic carbocycles. The number of aliphatic hydroxyl groups is 1. The van der Waals surface area contributed by atoms with Gasteiger partial charge in [-0.3, -0.25) is 0 Å². The maximum atomic E-state index is 10.6. The van der Waals surface area contributed by atoms with E-state index in [9.17, 15) is 5.11 Å². The van der Waals surface area contributed by atoms with Crippen molar-refractivity contribution in [1.82, 2.24) is 0 Å². The maximum Gasteiger partial charge on any atom is 0.0844 e. The molecule has 1 unspecified atom stereocenters. The van der Waals surface area contributed by atoms with Gasteiger partial charge in [0.1, 0.15) is 0 Å². The van der Waals surface area contributed by atoms with Crippen LogP contribution >= 0.6 is 11.3 Å². The lowest BCUT2D eigenvalue weighted by atomic mass is 9.96. The van der Waals surface area contributed by atoms with Crippen molar-refractivity contribution in [3.05, 3.63) is 70.1 Å². The molecule has 2 aromatic carbocycles. The summed E-state index contributed by atoms with van der Waals surface area (Å²) >= 11 is 1.70. The number of thiophene rings is 1. The molecule has 1 aromatic heterocycles. The summed E-state index contributed by atoms with van der Waals surface area (Å²) in [5.74, 6) is 0. The topological polar surface area (TPSA) is 20.2 Å². The maximum absolute atomic E-state index is 10.6. The Morgan fingerprint density at radius 3 is 2.75 bits per heavy atom. The minimum atomic E-state index is -0.438. The summed E-state index contributed by atoms with van der Waals surface area (Å²) in [5, 5.41) is 13.8. The van der Waals surface area contributed by atoms with Crippen LogP contribution in [0.25, 0.3) is 10.1 Å². The van der Waals surface area contributed by atoms with E-state index < -0.39 is 6.10 Å². The molecule has 0 aliphatic rings. The number of fused-ring (bicyclic) bond motifs is 1. The zero-order valence-corrected chi connectivity index (χ0v) is 12.6. The van der Waals surface area contributed by atoms with E-state index in [1.807, 2.05) is 12.1 Å². The van der Waals surface area contributed by atoms with Crippen LogP contribution in [0, 0.1) is 13.8 Å². The monoisotopic (exact) mass is 282 g/mol. The Balaban J connectivity index is 1.93. The van der Waals surface area contributed by atoms with Gasteiger partial charge in [0.25, 0.3) is 0 Å². The highest BCUT2D eigenvalue weighted by Crippen LogP contribution is 2.32. The second kappa shape index (κ2) is 5.39. The lowest BCUT2D eigenvalue weighted by Gasteiger charge is -2.13. The van der Waals surface area contributed by atoms with Crippen molar-refractivity contribution in [3.8, 4) is 0 Å². The normalized spacial score (nSPS) is 12.8. The molecular weight excluding hydrogens is 264 g/mol. The molecule has 20 heavy (non-hydrogen) atoms. The minimum absolute atomic E-state index is 0.438. The van der Waals surface area contributed by atoms with Crippen molar-refractivity contribution in [2.45, 2.75) is 26.4 Å². The molecule has 2 heteroatoms. The molecule has 1 N–H and O–H groups in total. The van der Waals surface area contributed by atoms with Gasteiger partial charge in [0.2, 0.25) is 0 Å². The van der Waals surface area contributed by atoms with E-state index in [0.717, 1.165) is 5.56 Å². The van der Waals surface area contributed by atoms with Gasteiger partial charge in [-0.05, 0) is 47.4 Å². The van der Waals surface area contributed by atoms with Gasteiger partial charge in [-0.1, -0.05) is 42.0 Å². The molecule has 0 aliphatic heterocycles. The van der Waals surface area contributed by atoms with Crippen LogP contribution in [0.15, 0.2) is 47.8 Å². The number of rotatable bonds is 3. The third kappa shape index (κ3) is 2.49. The van der Waals surface area contributed by atoms with Gasteiger partial charge >= 0.3 is 0 Å². The van der Waals surface area contributed by atoms with E-state index in [2.05, 4.69) is 49.6 Å². The van der Waals surface area contributed by atoms with Gasteiger partial charge in [0, 0.05) is 11.1 Å². The van der Waals surface area contributed by atoms with Crippen LogP contribution in [0.4, 0.5) is 0 Å². The van der Waals surface area contributed by atoms with Crippen molar-refractivity contribution < 1.29 is 5.11 Å². The van der Waals surface area contributed by atoms with Gasteiger partial charge < -0.3 is 5.11 Å². The molecule has 102 valence electrons. The van der Waals surface area contributed by atoms with Crippen molar-refractivity contribution in [2.75, 3.05) is 0 Å². The zero-order chi connectivity index (χ0) is 14.1. The predicted molar refractivity (Wildman–Crippen MR) is 86.4 cm³/mol. The Kier molecular flexibility index (Phi) is 3.60. The Bertz CT molecular complexity index is 742. The van der Waals surface area contributed by atoms with Crippen molar-refractivity contribution >= 4 is 21.4 Å². The Labute approximate surface area is 123 Å². The summed E-state index contributed by atoms with van der Waals surface area (Å²) < 4.78 is 1.24. The minimum Gasteiger partial charge on any atom is -0.388 e.